The average Bonchev–Trinajstić information content (AvgIpc) is 2.44. The van der Waals surface area contributed by atoms with Crippen LogP contribution in [0.15, 0.2) is 24.3 Å². The van der Waals surface area contributed by atoms with Gasteiger partial charge >= 0.3 is 6.03 Å². The van der Waals surface area contributed by atoms with Crippen LogP contribution in [0.5, 0.6) is 5.75 Å². The van der Waals surface area contributed by atoms with Gasteiger partial charge in [-0.25, -0.2) is 4.79 Å². The third-order valence-electron chi connectivity index (χ3n) is 2.62. The molecule has 0 saturated heterocycles. The lowest BCUT2D eigenvalue weighted by molar-refractivity contribution is -0.122. The molecule has 1 aromatic carbocycles. The predicted molar refractivity (Wildman–Crippen MR) is 77.9 cm³/mol. The van der Waals surface area contributed by atoms with Gasteiger partial charge in [0.2, 0.25) is 5.91 Å². The highest BCUT2D eigenvalue weighted by molar-refractivity contribution is 5.93. The molecule has 110 valence electrons. The van der Waals surface area contributed by atoms with Gasteiger partial charge in [-0.2, -0.15) is 0 Å². The minimum Gasteiger partial charge on any atom is -0.497 e. The summed E-state index contributed by atoms with van der Waals surface area (Å²) < 4.78 is 5.06. The Morgan fingerprint density at radius 2 is 2.10 bits per heavy atom. The normalized spacial score (nSPS) is 11.3. The van der Waals surface area contributed by atoms with Gasteiger partial charge in [-0.1, -0.05) is 13.0 Å². The first-order valence-electron chi connectivity index (χ1n) is 6.56. The number of carbonyl (C=O) groups excluding carboxylic acids is 2. The van der Waals surface area contributed by atoms with Crippen LogP contribution >= 0.6 is 0 Å². The quantitative estimate of drug-likeness (QED) is 0.742. The van der Waals surface area contributed by atoms with Gasteiger partial charge in [0.25, 0.3) is 0 Å². The molecule has 1 rings (SSSR count). The van der Waals surface area contributed by atoms with E-state index in [9.17, 15) is 9.59 Å². The molecule has 3 amide bonds. The molecule has 20 heavy (non-hydrogen) atoms. The van der Waals surface area contributed by atoms with Crippen molar-refractivity contribution in [3.8, 4) is 5.75 Å². The third-order valence-corrected chi connectivity index (χ3v) is 2.62. The zero-order chi connectivity index (χ0) is 15.0. The Morgan fingerprint density at radius 1 is 1.35 bits per heavy atom. The number of amides is 3. The number of nitrogens with one attached hydrogen (secondary N) is 3. The lowest BCUT2D eigenvalue weighted by atomic mass is 10.3. The molecule has 1 aromatic rings. The van der Waals surface area contributed by atoms with Gasteiger partial charge in [0.15, 0.2) is 0 Å². The van der Waals surface area contributed by atoms with E-state index in [1.54, 1.807) is 38.3 Å². The summed E-state index contributed by atoms with van der Waals surface area (Å²) in [6, 6.07) is 5.96. The number of ether oxygens (including phenoxy) is 1. The second kappa shape index (κ2) is 8.04. The number of anilines is 1. The molecule has 0 fully saturated rings. The molecule has 0 aliphatic heterocycles. The first-order valence-corrected chi connectivity index (χ1v) is 6.56. The van der Waals surface area contributed by atoms with Crippen LogP contribution in [0.2, 0.25) is 0 Å². The lowest BCUT2D eigenvalue weighted by Gasteiger charge is -2.14. The van der Waals surface area contributed by atoms with E-state index >= 15 is 0 Å². The van der Waals surface area contributed by atoms with E-state index in [1.165, 1.54) is 0 Å². The maximum Gasteiger partial charge on any atom is 0.319 e. The van der Waals surface area contributed by atoms with Gasteiger partial charge in [-0.15, -0.1) is 0 Å². The van der Waals surface area contributed by atoms with Crippen molar-refractivity contribution in [3.63, 3.8) is 0 Å². The first-order chi connectivity index (χ1) is 9.56. The van der Waals surface area contributed by atoms with Crippen LogP contribution in [-0.2, 0) is 4.79 Å². The summed E-state index contributed by atoms with van der Waals surface area (Å²) >= 11 is 0. The standard InChI is InChI=1S/C14H21N3O3/c1-4-8-15-13(18)10(2)16-14(19)17-11-6-5-7-12(9-11)20-3/h5-7,9-10H,4,8H2,1-3H3,(H,15,18)(H2,16,17,19)/t10-/m0/s1. The monoisotopic (exact) mass is 279 g/mol. The number of urea groups is 1. The van der Waals surface area contributed by atoms with E-state index in [4.69, 9.17) is 4.74 Å². The topological polar surface area (TPSA) is 79.5 Å². The summed E-state index contributed by atoms with van der Waals surface area (Å²) in [6.45, 7) is 4.20. The van der Waals surface area contributed by atoms with E-state index in [0.717, 1.165) is 6.42 Å². The largest absolute Gasteiger partial charge is 0.497 e. The molecular formula is C14H21N3O3. The van der Waals surface area contributed by atoms with Crippen LogP contribution in [0.3, 0.4) is 0 Å². The Morgan fingerprint density at radius 3 is 2.75 bits per heavy atom. The molecule has 6 heteroatoms. The maximum atomic E-state index is 11.8. The first kappa shape index (κ1) is 15.8. The molecule has 0 heterocycles. The zero-order valence-corrected chi connectivity index (χ0v) is 12.0. The Bertz CT molecular complexity index is 463. The summed E-state index contributed by atoms with van der Waals surface area (Å²) in [5.41, 5.74) is 0.600. The second-order valence-corrected chi connectivity index (χ2v) is 4.34. The van der Waals surface area contributed by atoms with Crippen LogP contribution in [0.25, 0.3) is 0 Å². The molecule has 0 bridgehead atoms. The summed E-state index contributed by atoms with van der Waals surface area (Å²) in [4.78, 5) is 23.4. The molecular weight excluding hydrogens is 258 g/mol. The van der Waals surface area contributed by atoms with E-state index in [1.807, 2.05) is 6.92 Å². The zero-order valence-electron chi connectivity index (χ0n) is 12.0. The molecule has 3 N–H and O–H groups in total. The predicted octanol–water partition coefficient (Wildman–Crippen LogP) is 1.73. The smallest absolute Gasteiger partial charge is 0.319 e. The van der Waals surface area contributed by atoms with Crippen LogP contribution in [-0.4, -0.2) is 31.6 Å². The fraction of sp³-hybridized carbons (Fsp3) is 0.429. The maximum absolute atomic E-state index is 11.8. The minimum absolute atomic E-state index is 0.201. The third kappa shape index (κ3) is 5.17. The number of methoxy groups -OCH3 is 1. The second-order valence-electron chi connectivity index (χ2n) is 4.34. The molecule has 6 nitrogen and oxygen atoms in total. The van der Waals surface area contributed by atoms with Gasteiger partial charge in [-0.05, 0) is 25.5 Å². The number of hydrogen-bond donors (Lipinski definition) is 3. The molecule has 0 aliphatic carbocycles. The van der Waals surface area contributed by atoms with Gasteiger partial charge in [0.1, 0.15) is 11.8 Å². The van der Waals surface area contributed by atoms with E-state index in [-0.39, 0.29) is 5.91 Å². The van der Waals surface area contributed by atoms with Gasteiger partial charge < -0.3 is 20.7 Å². The van der Waals surface area contributed by atoms with Gasteiger partial charge in [-0.3, -0.25) is 4.79 Å². The highest BCUT2D eigenvalue weighted by Gasteiger charge is 2.14. The minimum atomic E-state index is -0.591. The molecule has 0 saturated carbocycles. The number of carbonyl (C=O) groups is 2. The average molecular weight is 279 g/mol. The highest BCUT2D eigenvalue weighted by Crippen LogP contribution is 2.16. The number of benzene rings is 1. The molecule has 0 radical (unpaired) electrons. The fourth-order valence-corrected chi connectivity index (χ4v) is 1.53. The summed E-state index contributed by atoms with van der Waals surface area (Å²) in [5, 5.41) is 7.94. The molecule has 0 spiro atoms. The highest BCUT2D eigenvalue weighted by atomic mass is 16.5. The fourth-order valence-electron chi connectivity index (χ4n) is 1.53. The molecule has 0 aliphatic rings. The lowest BCUT2D eigenvalue weighted by Crippen LogP contribution is -2.46. The van der Waals surface area contributed by atoms with Crippen LogP contribution < -0.4 is 20.7 Å². The van der Waals surface area contributed by atoms with Crippen molar-refractivity contribution < 1.29 is 14.3 Å². The SMILES string of the molecule is CCCNC(=O)[C@H](C)NC(=O)Nc1cccc(OC)c1. The van der Waals surface area contributed by atoms with Crippen LogP contribution in [0.1, 0.15) is 20.3 Å². The Kier molecular flexibility index (Phi) is 6.36. The summed E-state index contributed by atoms with van der Waals surface area (Å²) in [5.74, 6) is 0.448. The van der Waals surface area contributed by atoms with Crippen LogP contribution in [0.4, 0.5) is 10.5 Å². The van der Waals surface area contributed by atoms with Crippen molar-refractivity contribution in [1.82, 2.24) is 10.6 Å². The molecule has 0 aromatic heterocycles. The molecule has 0 unspecified atom stereocenters. The number of rotatable bonds is 6. The van der Waals surface area contributed by atoms with Gasteiger partial charge in [0, 0.05) is 18.3 Å². The summed E-state index contributed by atoms with van der Waals surface area (Å²) in [7, 11) is 1.55. The van der Waals surface area contributed by atoms with Crippen molar-refractivity contribution in [3.05, 3.63) is 24.3 Å². The number of hydrogen-bond acceptors (Lipinski definition) is 3. The van der Waals surface area contributed by atoms with Crippen LogP contribution in [0, 0.1) is 0 Å². The Labute approximate surface area is 118 Å². The van der Waals surface area contributed by atoms with Crippen molar-refractivity contribution in [2.24, 2.45) is 0 Å². The molecule has 1 atom stereocenters. The van der Waals surface area contributed by atoms with E-state index < -0.39 is 12.1 Å². The van der Waals surface area contributed by atoms with Crippen molar-refractivity contribution in [2.75, 3.05) is 19.0 Å². The summed E-state index contributed by atoms with van der Waals surface area (Å²) in [6.07, 6.45) is 0.856. The van der Waals surface area contributed by atoms with Gasteiger partial charge in [0.05, 0.1) is 7.11 Å². The Hall–Kier alpha value is -2.24. The Balaban J connectivity index is 2.48. The van der Waals surface area contributed by atoms with Crippen molar-refractivity contribution in [2.45, 2.75) is 26.3 Å². The van der Waals surface area contributed by atoms with Crippen molar-refractivity contribution in [1.29, 1.82) is 0 Å². The van der Waals surface area contributed by atoms with E-state index in [0.29, 0.717) is 18.0 Å². The van der Waals surface area contributed by atoms with E-state index in [2.05, 4.69) is 16.0 Å². The van der Waals surface area contributed by atoms with Crippen molar-refractivity contribution >= 4 is 17.6 Å².